The van der Waals surface area contributed by atoms with Gasteiger partial charge in [0.2, 0.25) is 11.8 Å². The van der Waals surface area contributed by atoms with E-state index in [4.69, 9.17) is 6.42 Å². The van der Waals surface area contributed by atoms with Crippen molar-refractivity contribution in [2.75, 3.05) is 13.1 Å². The molecule has 2 heterocycles. The van der Waals surface area contributed by atoms with Crippen LogP contribution in [0.1, 0.15) is 49.9 Å². The Morgan fingerprint density at radius 2 is 1.95 bits per heavy atom. The zero-order valence-corrected chi connectivity index (χ0v) is 21.9. The molecule has 2 N–H and O–H groups in total. The number of fused-ring (bicyclic) bond motifs is 1. The molecule has 0 fully saturated rings. The van der Waals surface area contributed by atoms with Gasteiger partial charge in [-0.05, 0) is 65.3 Å². The molecule has 0 saturated heterocycles. The lowest BCUT2D eigenvalue weighted by Crippen LogP contribution is -2.37. The SMILES string of the molecule is C#CCN(CC(C)C)C(=O)Cc1cc(C2NC(=O)CC(C)=C2C(=O)Cc2ccc3[nH]ccc3c2)ccc1F. The number of H-pyrrole nitrogens is 1. The second kappa shape index (κ2) is 11.5. The zero-order valence-electron chi connectivity index (χ0n) is 21.9. The van der Waals surface area contributed by atoms with E-state index in [0.717, 1.165) is 16.5 Å². The van der Waals surface area contributed by atoms with Crippen LogP contribution in [0, 0.1) is 24.1 Å². The minimum Gasteiger partial charge on any atom is -0.361 e. The highest BCUT2D eigenvalue weighted by Crippen LogP contribution is 2.32. The summed E-state index contributed by atoms with van der Waals surface area (Å²) in [5.74, 6) is 1.58. The fourth-order valence-electron chi connectivity index (χ4n) is 5.00. The normalized spacial score (nSPS) is 15.5. The van der Waals surface area contributed by atoms with E-state index < -0.39 is 11.9 Å². The number of aromatic amines is 1. The summed E-state index contributed by atoms with van der Waals surface area (Å²) in [6.45, 7) is 6.36. The number of nitrogens with one attached hydrogen (secondary N) is 2. The van der Waals surface area contributed by atoms with Crippen LogP contribution in [0.3, 0.4) is 0 Å². The minimum absolute atomic E-state index is 0.110. The molecule has 1 aliphatic heterocycles. The second-order valence-electron chi connectivity index (χ2n) is 10.3. The van der Waals surface area contributed by atoms with E-state index in [0.29, 0.717) is 23.3 Å². The van der Waals surface area contributed by atoms with Gasteiger partial charge in [-0.3, -0.25) is 14.4 Å². The fraction of sp³-hybridized carbons (Fsp3) is 0.323. The van der Waals surface area contributed by atoms with Gasteiger partial charge >= 0.3 is 0 Å². The third-order valence-corrected chi connectivity index (χ3v) is 6.73. The number of benzene rings is 2. The third kappa shape index (κ3) is 6.03. The molecule has 0 aliphatic carbocycles. The number of aromatic nitrogens is 1. The summed E-state index contributed by atoms with van der Waals surface area (Å²) in [5.41, 5.74) is 3.78. The molecule has 1 atom stereocenters. The van der Waals surface area contributed by atoms with Gasteiger partial charge in [0.15, 0.2) is 5.78 Å². The molecule has 196 valence electrons. The van der Waals surface area contributed by atoms with Gasteiger partial charge < -0.3 is 15.2 Å². The van der Waals surface area contributed by atoms with Gasteiger partial charge in [0.05, 0.1) is 19.0 Å². The second-order valence-corrected chi connectivity index (χ2v) is 10.3. The Morgan fingerprint density at radius 1 is 1.16 bits per heavy atom. The monoisotopic (exact) mass is 513 g/mol. The summed E-state index contributed by atoms with van der Waals surface area (Å²) in [7, 11) is 0. The standard InChI is InChI=1S/C31H32FN3O3/c1-5-12-35(18-19(2)3)29(38)17-24-16-23(7-8-25(24)32)31-30(20(4)13-28(37)34-31)27(36)15-21-6-9-26-22(14-21)10-11-33-26/h1,6-11,14,16,19,31,33H,12-13,15,17-18H2,2-4H3,(H,34,37). The van der Waals surface area contributed by atoms with Crippen LogP contribution in [-0.2, 0) is 27.2 Å². The van der Waals surface area contributed by atoms with Gasteiger partial charge in [0.25, 0.3) is 0 Å². The highest BCUT2D eigenvalue weighted by Gasteiger charge is 2.31. The molecule has 6 nitrogen and oxygen atoms in total. The number of ketones is 1. The van der Waals surface area contributed by atoms with E-state index in [2.05, 4.69) is 16.2 Å². The molecule has 2 aromatic carbocycles. The summed E-state index contributed by atoms with van der Waals surface area (Å²) in [6.07, 6.45) is 7.41. The van der Waals surface area contributed by atoms with Crippen LogP contribution < -0.4 is 5.32 Å². The number of carbonyl (C=O) groups excluding carboxylic acids is 3. The Bertz CT molecular complexity index is 1460. The molecular weight excluding hydrogens is 481 g/mol. The maximum Gasteiger partial charge on any atom is 0.227 e. The molecule has 4 rings (SSSR count). The first kappa shape index (κ1) is 26.9. The van der Waals surface area contributed by atoms with Crippen molar-refractivity contribution in [2.24, 2.45) is 5.92 Å². The number of carbonyl (C=O) groups is 3. The van der Waals surface area contributed by atoms with Gasteiger partial charge in [-0.15, -0.1) is 6.42 Å². The summed E-state index contributed by atoms with van der Waals surface area (Å²) in [5, 5.41) is 3.92. The molecule has 1 aromatic heterocycles. The largest absolute Gasteiger partial charge is 0.361 e. The smallest absolute Gasteiger partial charge is 0.227 e. The first-order chi connectivity index (χ1) is 18.2. The highest BCUT2D eigenvalue weighted by molar-refractivity contribution is 6.02. The van der Waals surface area contributed by atoms with Crippen LogP contribution in [0.4, 0.5) is 4.39 Å². The van der Waals surface area contributed by atoms with Crippen LogP contribution in [0.5, 0.6) is 0 Å². The number of amides is 2. The molecule has 3 aromatic rings. The van der Waals surface area contributed by atoms with Gasteiger partial charge in [-0.2, -0.15) is 0 Å². The molecule has 38 heavy (non-hydrogen) atoms. The molecular formula is C31H32FN3O3. The van der Waals surface area contributed by atoms with Crippen molar-refractivity contribution >= 4 is 28.5 Å². The molecule has 0 saturated carbocycles. The zero-order chi connectivity index (χ0) is 27.4. The van der Waals surface area contributed by atoms with E-state index in [-0.39, 0.29) is 54.9 Å². The van der Waals surface area contributed by atoms with Crippen molar-refractivity contribution in [3.05, 3.63) is 82.3 Å². The molecule has 2 amide bonds. The van der Waals surface area contributed by atoms with Gasteiger partial charge in [0.1, 0.15) is 5.82 Å². The van der Waals surface area contributed by atoms with Crippen molar-refractivity contribution in [1.82, 2.24) is 15.2 Å². The number of rotatable bonds is 9. The summed E-state index contributed by atoms with van der Waals surface area (Å²) in [6, 6.07) is 11.4. The maximum atomic E-state index is 14.8. The van der Waals surface area contributed by atoms with Crippen molar-refractivity contribution in [2.45, 2.75) is 46.1 Å². The molecule has 0 radical (unpaired) electrons. The number of hydrogen-bond donors (Lipinski definition) is 2. The molecule has 0 spiro atoms. The van der Waals surface area contributed by atoms with Crippen molar-refractivity contribution in [3.8, 4) is 12.3 Å². The Kier molecular flexibility index (Phi) is 8.11. The Hall–Kier alpha value is -4.18. The topological polar surface area (TPSA) is 82.3 Å². The number of hydrogen-bond acceptors (Lipinski definition) is 3. The summed E-state index contributed by atoms with van der Waals surface area (Å²) < 4.78 is 14.8. The average molecular weight is 514 g/mol. The van der Waals surface area contributed by atoms with E-state index in [1.54, 1.807) is 24.0 Å². The molecule has 0 bridgehead atoms. The van der Waals surface area contributed by atoms with Gasteiger partial charge in [-0.1, -0.05) is 37.5 Å². The van der Waals surface area contributed by atoms with Gasteiger partial charge in [0, 0.05) is 36.7 Å². The number of nitrogens with zero attached hydrogens (tertiary/aromatic N) is 1. The lowest BCUT2D eigenvalue weighted by molar-refractivity contribution is -0.130. The van der Waals surface area contributed by atoms with Gasteiger partial charge in [-0.25, -0.2) is 4.39 Å². The summed E-state index contributed by atoms with van der Waals surface area (Å²) >= 11 is 0. The highest BCUT2D eigenvalue weighted by atomic mass is 19.1. The number of terminal acetylenes is 1. The maximum absolute atomic E-state index is 14.8. The van der Waals surface area contributed by atoms with Crippen LogP contribution >= 0.6 is 0 Å². The third-order valence-electron chi connectivity index (χ3n) is 6.73. The molecule has 1 aliphatic rings. The van der Waals surface area contributed by atoms with Crippen molar-refractivity contribution < 1.29 is 18.8 Å². The van der Waals surface area contributed by atoms with E-state index >= 15 is 0 Å². The Labute approximate surface area is 222 Å². The summed E-state index contributed by atoms with van der Waals surface area (Å²) in [4.78, 5) is 43.7. The minimum atomic E-state index is -0.730. The number of halogens is 1. The van der Waals surface area contributed by atoms with Crippen LogP contribution in [-0.4, -0.2) is 40.6 Å². The van der Waals surface area contributed by atoms with Crippen LogP contribution in [0.2, 0.25) is 0 Å². The molecule has 1 unspecified atom stereocenters. The first-order valence-corrected chi connectivity index (χ1v) is 12.7. The predicted octanol–water partition coefficient (Wildman–Crippen LogP) is 4.66. The average Bonchev–Trinajstić information content (AvgIpc) is 3.32. The van der Waals surface area contributed by atoms with Crippen LogP contribution in [0.15, 0.2) is 59.8 Å². The van der Waals surface area contributed by atoms with E-state index in [1.807, 2.05) is 44.3 Å². The lowest BCUT2D eigenvalue weighted by Gasteiger charge is -2.29. The fourth-order valence-corrected chi connectivity index (χ4v) is 5.00. The Morgan fingerprint density at radius 3 is 2.68 bits per heavy atom. The van der Waals surface area contributed by atoms with Crippen LogP contribution in [0.25, 0.3) is 10.9 Å². The van der Waals surface area contributed by atoms with Crippen molar-refractivity contribution in [3.63, 3.8) is 0 Å². The number of Topliss-reactive ketones (excluding diaryl/α,β-unsaturated/α-hetero) is 1. The quantitative estimate of drug-likeness (QED) is 0.409. The van der Waals surface area contributed by atoms with Crippen molar-refractivity contribution in [1.29, 1.82) is 0 Å². The van der Waals surface area contributed by atoms with E-state index in [1.165, 1.54) is 6.07 Å². The molecule has 7 heteroatoms. The first-order valence-electron chi connectivity index (χ1n) is 12.7. The predicted molar refractivity (Wildman–Crippen MR) is 146 cm³/mol. The lowest BCUT2D eigenvalue weighted by atomic mass is 9.85. The van der Waals surface area contributed by atoms with E-state index in [9.17, 15) is 18.8 Å². The Balaban J connectivity index is 1.62.